The lowest BCUT2D eigenvalue weighted by Crippen LogP contribution is -2.06. The number of benzene rings is 2. The average molecular weight is 323 g/mol. The van der Waals surface area contributed by atoms with Crippen molar-refractivity contribution in [3.63, 3.8) is 0 Å². The molecule has 2 aromatic carbocycles. The lowest BCUT2D eigenvalue weighted by molar-refractivity contribution is 0.103. The Morgan fingerprint density at radius 2 is 1.40 bits per heavy atom. The van der Waals surface area contributed by atoms with E-state index in [4.69, 9.17) is 0 Å². The summed E-state index contributed by atoms with van der Waals surface area (Å²) in [6.07, 6.45) is 1.85. The van der Waals surface area contributed by atoms with Gasteiger partial charge in [-0.25, -0.2) is 0 Å². The molecule has 0 aliphatic heterocycles. The first-order valence-electron chi connectivity index (χ1n) is 8.14. The van der Waals surface area contributed by atoms with E-state index in [1.54, 1.807) is 12.1 Å². The number of hydrogen-bond acceptors (Lipinski definition) is 2. The highest BCUT2D eigenvalue weighted by atomic mass is 16.1. The zero-order valence-corrected chi connectivity index (χ0v) is 13.3. The lowest BCUT2D eigenvalue weighted by atomic mass is 10.0. The lowest BCUT2D eigenvalue weighted by Gasteiger charge is -2.07. The van der Waals surface area contributed by atoms with E-state index in [2.05, 4.69) is 0 Å². The molecule has 0 bridgehead atoms. The molecule has 0 spiro atoms. The van der Waals surface area contributed by atoms with E-state index in [-0.39, 0.29) is 11.6 Å². The van der Waals surface area contributed by atoms with Gasteiger partial charge in [0.05, 0.1) is 11.1 Å². The van der Waals surface area contributed by atoms with Gasteiger partial charge in [0.2, 0.25) is 5.78 Å². The molecule has 0 atom stereocenters. The van der Waals surface area contributed by atoms with Gasteiger partial charge in [0.1, 0.15) is 5.69 Å². The minimum absolute atomic E-state index is 0.0126. The molecule has 1 aliphatic rings. The normalized spacial score (nSPS) is 12.2. The number of rotatable bonds is 2. The van der Waals surface area contributed by atoms with Gasteiger partial charge in [0, 0.05) is 22.9 Å². The molecule has 4 aromatic rings. The molecular formula is C22H13NO2. The number of nitrogens with zero attached hydrogens (tertiary/aromatic N) is 1. The van der Waals surface area contributed by atoms with Crippen LogP contribution in [0.1, 0.15) is 32.0 Å². The van der Waals surface area contributed by atoms with Crippen molar-refractivity contribution in [1.29, 1.82) is 0 Å². The van der Waals surface area contributed by atoms with Crippen LogP contribution in [0.25, 0.3) is 16.6 Å². The molecule has 3 nitrogen and oxygen atoms in total. The Morgan fingerprint density at radius 3 is 2.20 bits per heavy atom. The molecule has 0 unspecified atom stereocenters. The number of hydrogen-bond donors (Lipinski definition) is 0. The van der Waals surface area contributed by atoms with Crippen molar-refractivity contribution in [3.05, 3.63) is 101 Å². The number of pyridine rings is 1. The molecule has 0 saturated carbocycles. The van der Waals surface area contributed by atoms with Gasteiger partial charge in [-0.15, -0.1) is 0 Å². The second-order valence-corrected chi connectivity index (χ2v) is 6.12. The maximum Gasteiger partial charge on any atom is 0.210 e. The van der Waals surface area contributed by atoms with E-state index < -0.39 is 0 Å². The van der Waals surface area contributed by atoms with Crippen molar-refractivity contribution in [3.8, 4) is 11.1 Å². The van der Waals surface area contributed by atoms with Crippen molar-refractivity contribution in [2.24, 2.45) is 0 Å². The summed E-state index contributed by atoms with van der Waals surface area (Å²) < 4.78 is 1.84. The summed E-state index contributed by atoms with van der Waals surface area (Å²) in [6.45, 7) is 0. The van der Waals surface area contributed by atoms with Crippen LogP contribution in [0, 0.1) is 0 Å². The predicted molar refractivity (Wildman–Crippen MR) is 96.1 cm³/mol. The largest absolute Gasteiger partial charge is 0.312 e. The van der Waals surface area contributed by atoms with Gasteiger partial charge < -0.3 is 4.40 Å². The topological polar surface area (TPSA) is 38.5 Å². The summed E-state index contributed by atoms with van der Waals surface area (Å²) in [5.41, 5.74) is 4.83. The molecule has 1 aliphatic carbocycles. The van der Waals surface area contributed by atoms with E-state index in [1.165, 1.54) is 0 Å². The Balaban J connectivity index is 1.90. The number of carbonyl (C=O) groups is 2. The molecule has 0 N–H and O–H groups in total. The SMILES string of the molecule is O=C1c2ccccc2-c2c1c1ccccn1c2C(=O)c1ccccc1. The molecule has 5 rings (SSSR count). The first kappa shape index (κ1) is 13.9. The van der Waals surface area contributed by atoms with Crippen molar-refractivity contribution < 1.29 is 9.59 Å². The summed E-state index contributed by atoms with van der Waals surface area (Å²) in [4.78, 5) is 26.2. The van der Waals surface area contributed by atoms with Crippen molar-refractivity contribution in [2.45, 2.75) is 0 Å². The summed E-state index contributed by atoms with van der Waals surface area (Å²) in [7, 11) is 0. The van der Waals surface area contributed by atoms with Gasteiger partial charge >= 0.3 is 0 Å². The predicted octanol–water partition coefficient (Wildman–Crippen LogP) is 4.38. The molecule has 2 aromatic heterocycles. The molecule has 0 fully saturated rings. The Kier molecular flexibility index (Phi) is 2.80. The molecule has 0 amide bonds. The molecule has 25 heavy (non-hydrogen) atoms. The third kappa shape index (κ3) is 1.81. The van der Waals surface area contributed by atoms with Crippen molar-refractivity contribution >= 4 is 17.1 Å². The van der Waals surface area contributed by atoms with Crippen LogP contribution in [-0.4, -0.2) is 16.0 Å². The van der Waals surface area contributed by atoms with Gasteiger partial charge in [-0.05, 0) is 17.7 Å². The first-order valence-corrected chi connectivity index (χ1v) is 8.14. The van der Waals surface area contributed by atoms with Crippen LogP contribution >= 0.6 is 0 Å². The minimum atomic E-state index is -0.0763. The van der Waals surface area contributed by atoms with Gasteiger partial charge in [-0.2, -0.15) is 0 Å². The fourth-order valence-electron chi connectivity index (χ4n) is 3.68. The van der Waals surface area contributed by atoms with Crippen LogP contribution in [0.3, 0.4) is 0 Å². The first-order chi connectivity index (χ1) is 12.3. The minimum Gasteiger partial charge on any atom is -0.312 e. The summed E-state index contributed by atoms with van der Waals surface area (Å²) >= 11 is 0. The third-order valence-corrected chi connectivity index (χ3v) is 4.76. The van der Waals surface area contributed by atoms with E-state index in [9.17, 15) is 9.59 Å². The Morgan fingerprint density at radius 1 is 0.720 bits per heavy atom. The van der Waals surface area contributed by atoms with E-state index in [0.717, 1.165) is 16.6 Å². The van der Waals surface area contributed by atoms with E-state index in [0.29, 0.717) is 22.4 Å². The second-order valence-electron chi connectivity index (χ2n) is 6.12. The van der Waals surface area contributed by atoms with Crippen molar-refractivity contribution in [2.75, 3.05) is 0 Å². The zero-order chi connectivity index (χ0) is 17.0. The number of carbonyl (C=O) groups excluding carboxylic acids is 2. The van der Waals surface area contributed by atoms with Crippen LogP contribution in [0.15, 0.2) is 79.0 Å². The van der Waals surface area contributed by atoms with Crippen LogP contribution in [0.4, 0.5) is 0 Å². The number of ketones is 2. The summed E-state index contributed by atoms with van der Waals surface area (Å²) in [5.74, 6) is -0.0889. The zero-order valence-electron chi connectivity index (χ0n) is 13.3. The maximum absolute atomic E-state index is 13.3. The van der Waals surface area contributed by atoms with E-state index >= 15 is 0 Å². The van der Waals surface area contributed by atoms with Gasteiger partial charge in [-0.3, -0.25) is 9.59 Å². The van der Waals surface area contributed by atoms with Crippen LogP contribution in [0.5, 0.6) is 0 Å². The molecule has 118 valence electrons. The van der Waals surface area contributed by atoms with Crippen LogP contribution in [-0.2, 0) is 0 Å². The maximum atomic E-state index is 13.3. The summed E-state index contributed by atoms with van der Waals surface area (Å²) in [6, 6.07) is 22.4. The second kappa shape index (κ2) is 5.02. The smallest absolute Gasteiger partial charge is 0.210 e. The number of aromatic nitrogens is 1. The molecule has 3 heteroatoms. The standard InChI is InChI=1S/C22H13NO2/c24-21(14-8-2-1-3-9-14)20-18-15-10-4-5-11-16(15)22(25)19(18)17-12-6-7-13-23(17)20/h1-13H. The van der Waals surface area contributed by atoms with Gasteiger partial charge in [0.15, 0.2) is 5.78 Å². The molecule has 0 saturated heterocycles. The Hall–Kier alpha value is -3.46. The fraction of sp³-hybridized carbons (Fsp3) is 0. The average Bonchev–Trinajstić information content (AvgIpc) is 3.16. The third-order valence-electron chi connectivity index (χ3n) is 4.76. The highest BCUT2D eigenvalue weighted by Gasteiger charge is 2.35. The highest BCUT2D eigenvalue weighted by Crippen LogP contribution is 2.43. The molecular weight excluding hydrogens is 310 g/mol. The van der Waals surface area contributed by atoms with E-state index in [1.807, 2.05) is 71.3 Å². The highest BCUT2D eigenvalue weighted by molar-refractivity contribution is 6.29. The number of fused-ring (bicyclic) bond motifs is 5. The van der Waals surface area contributed by atoms with Crippen LogP contribution < -0.4 is 0 Å². The molecule has 2 heterocycles. The monoisotopic (exact) mass is 323 g/mol. The Bertz CT molecular complexity index is 1170. The fourth-order valence-corrected chi connectivity index (χ4v) is 3.68. The summed E-state index contributed by atoms with van der Waals surface area (Å²) in [5, 5.41) is 0. The Labute approximate surface area is 144 Å². The molecule has 0 radical (unpaired) electrons. The van der Waals surface area contributed by atoms with Crippen LogP contribution in [0.2, 0.25) is 0 Å². The quantitative estimate of drug-likeness (QED) is 0.452. The van der Waals surface area contributed by atoms with Crippen molar-refractivity contribution in [1.82, 2.24) is 4.40 Å². The van der Waals surface area contributed by atoms with Gasteiger partial charge in [0.25, 0.3) is 0 Å². The van der Waals surface area contributed by atoms with Gasteiger partial charge in [-0.1, -0.05) is 60.7 Å².